The summed E-state index contributed by atoms with van der Waals surface area (Å²) in [5.41, 5.74) is 4.77. The van der Waals surface area contributed by atoms with Gasteiger partial charge in [0.05, 0.1) is 6.61 Å². The van der Waals surface area contributed by atoms with Crippen molar-refractivity contribution in [2.45, 2.75) is 6.04 Å². The van der Waals surface area contributed by atoms with Crippen LogP contribution in [-0.2, 0) is 4.79 Å². The maximum absolute atomic E-state index is 9.65. The van der Waals surface area contributed by atoms with Gasteiger partial charge in [0.2, 0.25) is 0 Å². The van der Waals surface area contributed by atoms with Gasteiger partial charge in [0.25, 0.3) is 0 Å². The van der Waals surface area contributed by atoms with E-state index in [0.717, 1.165) is 0 Å². The van der Waals surface area contributed by atoms with Crippen molar-refractivity contribution in [3.8, 4) is 0 Å². The van der Waals surface area contributed by atoms with Crippen LogP contribution < -0.4 is 5.73 Å². The van der Waals surface area contributed by atoms with E-state index in [9.17, 15) is 4.79 Å². The summed E-state index contributed by atoms with van der Waals surface area (Å²) in [6, 6.07) is -1.13. The molecule has 0 amide bonds. The Bertz CT molecular complexity index is 76.9. The van der Waals surface area contributed by atoms with Crippen LogP contribution in [-0.4, -0.2) is 47.7 Å². The average Bonchev–Trinajstić information content (AvgIpc) is 1.65. The summed E-state index contributed by atoms with van der Waals surface area (Å²) in [6.45, 7) is -0.505. The Balaban J connectivity index is 0. The normalized spacial score (nSPS) is 11.8. The Hall–Kier alpha value is -0.0126. The molecule has 0 unspecified atom stereocenters. The zero-order chi connectivity index (χ0) is 5.86. The van der Waals surface area contributed by atoms with Gasteiger partial charge in [-0.2, -0.15) is 0 Å². The number of hydrogen-bond donors (Lipinski definition) is 3. The van der Waals surface area contributed by atoms with Crippen LogP contribution in [0.1, 0.15) is 0 Å². The molecular weight excluding hydrogens is 105 g/mol. The fourth-order valence-electron chi connectivity index (χ4n) is 0.0781. The summed E-state index contributed by atoms with van der Waals surface area (Å²) in [7, 11) is 0. The number of carbonyl (C=O) groups is 1. The molecule has 0 aliphatic carbocycles. The van der Waals surface area contributed by atoms with E-state index in [-0.39, 0.29) is 18.9 Å². The molecule has 0 aromatic rings. The van der Waals surface area contributed by atoms with Crippen LogP contribution in [0.15, 0.2) is 0 Å². The third-order valence-electron chi connectivity index (χ3n) is 0.514. The molecule has 0 aromatic carbocycles. The molecule has 0 aliphatic heterocycles. The van der Waals surface area contributed by atoms with Crippen LogP contribution in [0.25, 0.3) is 0 Å². The Labute approximate surface area is 58.9 Å². The first kappa shape index (κ1) is 10.9. The van der Waals surface area contributed by atoms with E-state index >= 15 is 0 Å². The minimum absolute atomic E-state index is 0. The Morgan fingerprint density at radius 1 is 1.75 bits per heavy atom. The van der Waals surface area contributed by atoms with Gasteiger partial charge in [-0.1, -0.05) is 0 Å². The Morgan fingerprint density at radius 2 is 2.12 bits per heavy atom. The first-order valence-corrected chi connectivity index (χ1v) is 1.77. The number of carboxylic acid groups (broad SMARTS) is 1. The second kappa shape index (κ2) is 5.13. The van der Waals surface area contributed by atoms with Crippen LogP contribution in [0.4, 0.5) is 0 Å². The molecule has 44 valence electrons. The summed E-state index contributed by atoms with van der Waals surface area (Å²) in [4.78, 5) is 9.65. The van der Waals surface area contributed by atoms with Crippen LogP contribution >= 0.6 is 0 Å². The van der Waals surface area contributed by atoms with Gasteiger partial charge in [0.1, 0.15) is 6.04 Å². The summed E-state index contributed by atoms with van der Waals surface area (Å²) < 4.78 is 0. The SMILES string of the molecule is N[C@@H](CO)C(=O)O.[LiH]. The third-order valence-corrected chi connectivity index (χ3v) is 0.514. The minimum atomic E-state index is -1.18. The van der Waals surface area contributed by atoms with Crippen LogP contribution in [0.5, 0.6) is 0 Å². The van der Waals surface area contributed by atoms with Crippen molar-refractivity contribution in [1.29, 1.82) is 0 Å². The number of aliphatic hydroxyl groups is 1. The van der Waals surface area contributed by atoms with Gasteiger partial charge in [-0.25, -0.2) is 0 Å². The van der Waals surface area contributed by atoms with Crippen molar-refractivity contribution in [1.82, 2.24) is 0 Å². The number of hydrogen-bond acceptors (Lipinski definition) is 3. The van der Waals surface area contributed by atoms with Gasteiger partial charge in [-0.15, -0.1) is 0 Å². The van der Waals surface area contributed by atoms with Crippen LogP contribution in [0, 0.1) is 0 Å². The third kappa shape index (κ3) is 4.15. The quantitative estimate of drug-likeness (QED) is 0.353. The molecule has 1 atom stereocenters. The molecule has 0 fully saturated rings. The second-order valence-electron chi connectivity index (χ2n) is 1.13. The molecule has 0 aromatic heterocycles. The van der Waals surface area contributed by atoms with E-state index < -0.39 is 18.6 Å². The van der Waals surface area contributed by atoms with Gasteiger partial charge in [-0.05, 0) is 0 Å². The molecule has 0 rings (SSSR count). The van der Waals surface area contributed by atoms with E-state index in [0.29, 0.717) is 0 Å². The number of carboxylic acids is 1. The van der Waals surface area contributed by atoms with Crippen molar-refractivity contribution in [2.75, 3.05) is 6.61 Å². The van der Waals surface area contributed by atoms with Crippen molar-refractivity contribution < 1.29 is 15.0 Å². The molecule has 0 bridgehead atoms. The Morgan fingerprint density at radius 3 is 2.12 bits per heavy atom. The van der Waals surface area contributed by atoms with Crippen molar-refractivity contribution >= 4 is 24.8 Å². The number of nitrogens with two attached hydrogens (primary N) is 1. The molecule has 0 aliphatic rings. The molecule has 5 heteroatoms. The van der Waals surface area contributed by atoms with Crippen molar-refractivity contribution in [2.24, 2.45) is 5.73 Å². The van der Waals surface area contributed by atoms with Crippen molar-refractivity contribution in [3.05, 3.63) is 0 Å². The van der Waals surface area contributed by atoms with Crippen molar-refractivity contribution in [3.63, 3.8) is 0 Å². The molecule has 4 N–H and O–H groups in total. The number of rotatable bonds is 2. The maximum atomic E-state index is 9.65. The average molecular weight is 113 g/mol. The van der Waals surface area contributed by atoms with Gasteiger partial charge >= 0.3 is 24.8 Å². The summed E-state index contributed by atoms with van der Waals surface area (Å²) in [5, 5.41) is 15.9. The number of aliphatic carboxylic acids is 1. The van der Waals surface area contributed by atoms with E-state index in [1.807, 2.05) is 0 Å². The molecule has 4 nitrogen and oxygen atoms in total. The molecule has 0 saturated carbocycles. The molecule has 8 heavy (non-hydrogen) atoms. The van der Waals surface area contributed by atoms with Crippen LogP contribution in [0.3, 0.4) is 0 Å². The molecule has 0 spiro atoms. The number of aliphatic hydroxyl groups excluding tert-OH is 1. The fourth-order valence-corrected chi connectivity index (χ4v) is 0.0781. The van der Waals surface area contributed by atoms with Gasteiger partial charge in [0, 0.05) is 0 Å². The van der Waals surface area contributed by atoms with E-state index in [4.69, 9.17) is 15.9 Å². The zero-order valence-corrected chi connectivity index (χ0v) is 3.66. The molecular formula is C3H8LiNO3. The van der Waals surface area contributed by atoms with Gasteiger partial charge < -0.3 is 15.9 Å². The Kier molecular flexibility index (Phi) is 6.98. The molecule has 0 heterocycles. The zero-order valence-electron chi connectivity index (χ0n) is 3.66. The fraction of sp³-hybridized carbons (Fsp3) is 0.667. The topological polar surface area (TPSA) is 83.5 Å². The van der Waals surface area contributed by atoms with Gasteiger partial charge in [-0.3, -0.25) is 4.79 Å². The molecule has 0 saturated heterocycles. The predicted octanol–water partition coefficient (Wildman–Crippen LogP) is -2.26. The molecule has 0 radical (unpaired) electrons. The van der Waals surface area contributed by atoms with E-state index in [1.54, 1.807) is 0 Å². The predicted molar refractivity (Wildman–Crippen MR) is 29.8 cm³/mol. The van der Waals surface area contributed by atoms with Gasteiger partial charge in [0.15, 0.2) is 0 Å². The first-order chi connectivity index (χ1) is 3.18. The van der Waals surface area contributed by atoms with Crippen LogP contribution in [0.2, 0.25) is 0 Å². The van der Waals surface area contributed by atoms with E-state index in [2.05, 4.69) is 0 Å². The van der Waals surface area contributed by atoms with E-state index in [1.165, 1.54) is 0 Å². The summed E-state index contributed by atoms with van der Waals surface area (Å²) in [5.74, 6) is -1.18. The first-order valence-electron chi connectivity index (χ1n) is 1.77. The monoisotopic (exact) mass is 113 g/mol. The second-order valence-corrected chi connectivity index (χ2v) is 1.13. The standard InChI is InChI=1S/C3H7NO3.Li.H/c4-2(1-5)3(6)7;;/h2,5H,1,4H2,(H,6,7);;/t2-;;/m0../s1. The summed E-state index contributed by atoms with van der Waals surface area (Å²) >= 11 is 0. The summed E-state index contributed by atoms with van der Waals surface area (Å²) in [6.07, 6.45) is 0.